The van der Waals surface area contributed by atoms with Gasteiger partial charge in [0.25, 0.3) is 11.4 Å². The standard InChI is InChI=1S/C18H23N2O4/c1-12-18(13-9-10-16(23-2)17(11-13)24-3)20(22)15-8-6-4-5-7-14(15)19(12)21/h9-11,21H,4-8H2,1-3H3/q+1. The molecule has 0 saturated heterocycles. The number of benzene rings is 1. The van der Waals surface area contributed by atoms with Gasteiger partial charge >= 0.3 is 0 Å². The lowest BCUT2D eigenvalue weighted by Crippen LogP contribution is -2.31. The Hall–Kier alpha value is -2.50. The van der Waals surface area contributed by atoms with Gasteiger partial charge < -0.3 is 14.7 Å². The van der Waals surface area contributed by atoms with E-state index in [0.717, 1.165) is 35.8 Å². The molecule has 0 saturated carbocycles. The first-order valence-corrected chi connectivity index (χ1v) is 8.20. The van der Waals surface area contributed by atoms with Crippen LogP contribution in [-0.4, -0.2) is 24.2 Å². The van der Waals surface area contributed by atoms with Gasteiger partial charge in [0.1, 0.15) is 11.4 Å². The predicted molar refractivity (Wildman–Crippen MR) is 89.5 cm³/mol. The first-order valence-electron chi connectivity index (χ1n) is 8.20. The van der Waals surface area contributed by atoms with Crippen LogP contribution < -0.4 is 13.9 Å². The summed E-state index contributed by atoms with van der Waals surface area (Å²) in [5, 5.41) is 10.6. The third-order valence-corrected chi connectivity index (χ3v) is 4.68. The second kappa shape index (κ2) is 6.55. The summed E-state index contributed by atoms with van der Waals surface area (Å²) in [7, 11) is 3.13. The molecule has 6 heteroatoms. The molecule has 0 amide bonds. The van der Waals surface area contributed by atoms with Gasteiger partial charge in [-0.15, -0.1) is 0 Å². The number of fused-ring (bicyclic) bond motifs is 1. The zero-order chi connectivity index (χ0) is 17.3. The van der Waals surface area contributed by atoms with E-state index < -0.39 is 0 Å². The number of ether oxygens (including phenoxy) is 2. The fourth-order valence-electron chi connectivity index (χ4n) is 3.39. The van der Waals surface area contributed by atoms with Crippen molar-refractivity contribution in [3.05, 3.63) is 40.2 Å². The Kier molecular flexibility index (Phi) is 4.46. The Balaban J connectivity index is 2.24. The fraction of sp³-hybridized carbons (Fsp3) is 0.444. The van der Waals surface area contributed by atoms with Crippen LogP contribution in [0.4, 0.5) is 0 Å². The molecule has 1 heterocycles. The van der Waals surface area contributed by atoms with Gasteiger partial charge in [0, 0.05) is 11.3 Å². The normalized spacial score (nSPS) is 14.0. The van der Waals surface area contributed by atoms with Gasteiger partial charge in [-0.2, -0.15) is 4.73 Å². The molecular formula is C18H23N2O4+. The molecule has 1 aliphatic carbocycles. The van der Waals surface area contributed by atoms with Gasteiger partial charge in [0.2, 0.25) is 0 Å². The van der Waals surface area contributed by atoms with E-state index >= 15 is 0 Å². The maximum absolute atomic E-state index is 13.0. The SMILES string of the molecule is COc1ccc(-c2c(C)n(O)c3c([n+]2=O)CCCCC3)cc1OC. The van der Waals surface area contributed by atoms with Crippen molar-refractivity contribution in [2.24, 2.45) is 0 Å². The second-order valence-electron chi connectivity index (χ2n) is 6.06. The van der Waals surface area contributed by atoms with Crippen LogP contribution in [0.1, 0.15) is 36.3 Å². The van der Waals surface area contributed by atoms with Crippen LogP contribution >= 0.6 is 0 Å². The van der Waals surface area contributed by atoms with Crippen molar-refractivity contribution in [2.45, 2.75) is 39.0 Å². The third-order valence-electron chi connectivity index (χ3n) is 4.68. The van der Waals surface area contributed by atoms with E-state index in [1.807, 2.05) is 0 Å². The molecule has 0 aliphatic heterocycles. The van der Waals surface area contributed by atoms with Crippen molar-refractivity contribution in [2.75, 3.05) is 14.2 Å². The first-order chi connectivity index (χ1) is 11.6. The average molecular weight is 331 g/mol. The van der Waals surface area contributed by atoms with E-state index in [-0.39, 0.29) is 0 Å². The molecule has 3 rings (SSSR count). The Morgan fingerprint density at radius 2 is 1.79 bits per heavy atom. The van der Waals surface area contributed by atoms with Crippen LogP contribution in [0.2, 0.25) is 0 Å². The Morgan fingerprint density at radius 1 is 1.08 bits per heavy atom. The molecule has 128 valence electrons. The highest BCUT2D eigenvalue weighted by molar-refractivity contribution is 5.63. The minimum absolute atomic E-state index is 0.444. The topological polar surface area (TPSA) is 66.6 Å². The molecule has 0 unspecified atom stereocenters. The molecule has 6 nitrogen and oxygen atoms in total. The number of rotatable bonds is 3. The quantitative estimate of drug-likeness (QED) is 0.533. The number of nitrogens with zero attached hydrogens (tertiary/aromatic N) is 2. The summed E-state index contributed by atoms with van der Waals surface area (Å²) in [4.78, 5) is 13.0. The molecule has 0 radical (unpaired) electrons. The Labute approximate surface area is 140 Å². The van der Waals surface area contributed by atoms with Crippen molar-refractivity contribution in [1.82, 2.24) is 4.73 Å². The lowest BCUT2D eigenvalue weighted by atomic mass is 10.1. The molecule has 0 bridgehead atoms. The second-order valence-corrected chi connectivity index (χ2v) is 6.06. The maximum Gasteiger partial charge on any atom is 0.292 e. The van der Waals surface area contributed by atoms with Gasteiger partial charge in [-0.05, 0) is 44.4 Å². The highest BCUT2D eigenvalue weighted by Crippen LogP contribution is 2.32. The van der Waals surface area contributed by atoms with Gasteiger partial charge in [-0.25, -0.2) is 0 Å². The van der Waals surface area contributed by atoms with E-state index in [1.54, 1.807) is 39.3 Å². The average Bonchev–Trinajstić information content (AvgIpc) is 2.86. The number of hydrogen-bond acceptors (Lipinski definition) is 4. The zero-order valence-corrected chi connectivity index (χ0v) is 14.3. The summed E-state index contributed by atoms with van der Waals surface area (Å²) in [5.74, 6) is 1.15. The predicted octanol–water partition coefficient (Wildman–Crippen LogP) is 2.90. The Morgan fingerprint density at radius 3 is 2.50 bits per heavy atom. The van der Waals surface area contributed by atoms with Gasteiger partial charge in [-0.3, -0.25) is 0 Å². The smallest absolute Gasteiger partial charge is 0.292 e. The summed E-state index contributed by atoms with van der Waals surface area (Å²) in [6.45, 7) is 1.76. The molecular weight excluding hydrogens is 308 g/mol. The third kappa shape index (κ3) is 2.62. The number of hydrogen-bond donors (Lipinski definition) is 1. The molecule has 1 aliphatic rings. The molecule has 2 aromatic rings. The van der Waals surface area contributed by atoms with Gasteiger partial charge in [-0.1, -0.05) is 6.42 Å². The van der Waals surface area contributed by atoms with E-state index in [4.69, 9.17) is 9.47 Å². The monoisotopic (exact) mass is 331 g/mol. The van der Waals surface area contributed by atoms with Crippen LogP contribution in [0.15, 0.2) is 18.2 Å². The van der Waals surface area contributed by atoms with Crippen molar-refractivity contribution in [1.29, 1.82) is 0 Å². The Bertz CT molecular complexity index is 827. The van der Waals surface area contributed by atoms with Crippen molar-refractivity contribution < 1.29 is 19.1 Å². The van der Waals surface area contributed by atoms with E-state index in [1.165, 1.54) is 4.73 Å². The number of aromatic nitrogens is 2. The van der Waals surface area contributed by atoms with Crippen LogP contribution in [-0.2, 0) is 12.8 Å². The zero-order valence-electron chi connectivity index (χ0n) is 14.3. The molecule has 0 spiro atoms. The molecule has 1 aromatic heterocycles. The largest absolute Gasteiger partial charge is 0.493 e. The summed E-state index contributed by atoms with van der Waals surface area (Å²) in [6, 6.07) is 5.33. The minimum atomic E-state index is 0.444. The fourth-order valence-corrected chi connectivity index (χ4v) is 3.39. The molecule has 1 N–H and O–H groups in total. The lowest BCUT2D eigenvalue weighted by molar-refractivity contribution is -0.495. The molecule has 24 heavy (non-hydrogen) atoms. The first kappa shape index (κ1) is 16.4. The van der Waals surface area contributed by atoms with Crippen LogP contribution in [0.5, 0.6) is 11.5 Å². The summed E-state index contributed by atoms with van der Waals surface area (Å²) < 4.78 is 12.7. The van der Waals surface area contributed by atoms with E-state index in [0.29, 0.717) is 40.6 Å². The van der Waals surface area contributed by atoms with Crippen LogP contribution in [0, 0.1) is 11.8 Å². The summed E-state index contributed by atoms with van der Waals surface area (Å²) in [5.41, 5.74) is 3.04. The van der Waals surface area contributed by atoms with Crippen molar-refractivity contribution >= 4 is 0 Å². The van der Waals surface area contributed by atoms with Crippen LogP contribution in [0.25, 0.3) is 11.3 Å². The van der Waals surface area contributed by atoms with Crippen molar-refractivity contribution in [3.8, 4) is 22.8 Å². The van der Waals surface area contributed by atoms with Crippen molar-refractivity contribution in [3.63, 3.8) is 0 Å². The maximum atomic E-state index is 13.0. The molecule has 0 atom stereocenters. The van der Waals surface area contributed by atoms with E-state index in [2.05, 4.69) is 0 Å². The lowest BCUT2D eigenvalue weighted by Gasteiger charge is -2.12. The number of methoxy groups -OCH3 is 2. The summed E-state index contributed by atoms with van der Waals surface area (Å²) >= 11 is 0. The van der Waals surface area contributed by atoms with Gasteiger partial charge in [0.05, 0.1) is 24.2 Å². The van der Waals surface area contributed by atoms with E-state index in [9.17, 15) is 10.1 Å². The molecule has 0 fully saturated rings. The van der Waals surface area contributed by atoms with Crippen LogP contribution in [0.3, 0.4) is 0 Å². The highest BCUT2D eigenvalue weighted by Gasteiger charge is 2.30. The summed E-state index contributed by atoms with van der Waals surface area (Å²) in [6.07, 6.45) is 4.42. The molecule has 1 aromatic carbocycles. The minimum Gasteiger partial charge on any atom is -0.493 e. The van der Waals surface area contributed by atoms with Gasteiger partial charge in [0.15, 0.2) is 11.5 Å². The highest BCUT2D eigenvalue weighted by atomic mass is 16.5.